The molecule has 0 spiro atoms. The van der Waals surface area contributed by atoms with Gasteiger partial charge in [-0.15, -0.1) is 0 Å². The van der Waals surface area contributed by atoms with Crippen molar-refractivity contribution in [2.45, 2.75) is 90.4 Å². The number of allylic oxidation sites excluding steroid dienone is 1. The summed E-state index contributed by atoms with van der Waals surface area (Å²) in [5.41, 5.74) is 26.3. The number of hydrogen-bond acceptors (Lipinski definition) is 13. The van der Waals surface area contributed by atoms with Crippen LogP contribution in [0.5, 0.6) is 0 Å². The van der Waals surface area contributed by atoms with Crippen LogP contribution in [0, 0.1) is 0 Å². The van der Waals surface area contributed by atoms with Gasteiger partial charge in [-0.05, 0) is 257 Å². The van der Waals surface area contributed by atoms with Crippen LogP contribution in [0.1, 0.15) is 186 Å². The summed E-state index contributed by atoms with van der Waals surface area (Å²) in [6.07, 6.45) is 3.54. The summed E-state index contributed by atoms with van der Waals surface area (Å²) in [5, 5.41) is 20.2. The summed E-state index contributed by atoms with van der Waals surface area (Å²) in [5.74, 6) is -2.11. The van der Waals surface area contributed by atoms with Crippen LogP contribution in [-0.4, -0.2) is 93.2 Å². The standard InChI is InChI=1S/C35H23Cl2NO2.C27H23NO2.C26H21NO.C22H20O2.C6H5Br.C5H12N2.C2H4O2.4H2/c1-35(2)27-10-6-7-11-30(27)38(22-8-4-3-5-9-22)31-15-13-21-16-20(12-14-23(21)32(31)35)17-26-33(39)24-18-28(36)29(37)19-25(24)34(26)40;1-27(2)22-11-7-8-12-23(22)28(20-9-5-4-6-10-20)24-16-14-18-17-19(26(29)30-3)13-15-21(18)25(24)27;1-26(2)22-10-6-7-11-23(22)27(20-8-4-3-5-9-20)24-15-13-19-16-18(17-28)12-14-21(19)25(24)26;1-22(2)19-7-5-4-6-15(19)13-16-9-8-14-12-17(21(23)24-3)10-11-18(14)20(16)22;7-6-4-2-1-3-5-6;1-7-4-2-6-3-5-7;1-2(3)4;;;;/h3-19H,1-2H3;4-17H,1-3H3;3-17H,1-2H3;4-12H,13H2,1-3H3;1-5H;6H,2-5H2,1H3;1H3,(H,3,4);4*1H/i;;;;;;;3*1+1D;1+1. The molecule has 2 N–H and O–H groups in total. The number of fused-ring (bicyclic) bond motifs is 17. The number of piperazine rings is 1. The normalized spacial score (nSPS) is 14.8. The van der Waals surface area contributed by atoms with E-state index in [1.807, 2.05) is 97.1 Å². The minimum Gasteiger partial charge on any atom is -0.481 e. The Morgan fingerprint density at radius 2 is 0.721 bits per heavy atom. The highest BCUT2D eigenvalue weighted by molar-refractivity contribution is 9.10. The van der Waals surface area contributed by atoms with Crippen LogP contribution in [0.2, 0.25) is 10.0 Å². The maximum Gasteiger partial charge on any atom is 0.337 e. The van der Waals surface area contributed by atoms with Crippen molar-refractivity contribution in [1.82, 2.24) is 10.2 Å². The first kappa shape index (κ1) is 93.0. The minimum absolute atomic E-state index is 0. The Morgan fingerprint density at radius 1 is 0.393 bits per heavy atom. The number of carbonyl (C=O) groups excluding carboxylic acids is 5. The highest BCUT2D eigenvalue weighted by atomic mass is 79.9. The van der Waals surface area contributed by atoms with Crippen LogP contribution < -0.4 is 20.0 Å². The third kappa shape index (κ3) is 19.0. The van der Waals surface area contributed by atoms with Gasteiger partial charge in [0.2, 0.25) is 0 Å². The highest BCUT2D eigenvalue weighted by Gasteiger charge is 2.43. The Bertz CT molecular complexity index is 7700. The van der Waals surface area contributed by atoms with Gasteiger partial charge in [0.1, 0.15) is 6.29 Å². The van der Waals surface area contributed by atoms with Crippen molar-refractivity contribution in [2.75, 3.05) is 62.1 Å². The number of Topliss-reactive ketones (excluding diaryl/α,β-unsaturated/α-hetero) is 2. The van der Waals surface area contributed by atoms with Gasteiger partial charge in [0.15, 0.2) is 11.6 Å². The van der Waals surface area contributed by atoms with Crippen molar-refractivity contribution in [2.24, 2.45) is 0 Å². The molecule has 14 nitrogen and oxygen atoms in total. The number of benzene rings is 17. The molecule has 2 aliphatic carbocycles. The molecule has 708 valence electrons. The lowest BCUT2D eigenvalue weighted by Gasteiger charge is -2.42. The average molecular weight is 1970 g/mol. The zero-order chi connectivity index (χ0) is 105. The number of rotatable bonds is 7. The zero-order valence-electron chi connectivity index (χ0n) is 86.3. The molecule has 6 aliphatic rings. The van der Waals surface area contributed by atoms with Crippen LogP contribution in [0.25, 0.3) is 49.2 Å². The van der Waals surface area contributed by atoms with E-state index in [0.29, 0.717) is 27.8 Å². The van der Waals surface area contributed by atoms with Gasteiger partial charge in [-0.3, -0.25) is 19.2 Å². The van der Waals surface area contributed by atoms with Crippen LogP contribution in [-0.2, 0) is 42.3 Å². The van der Waals surface area contributed by atoms with Gasteiger partial charge in [-0.2, -0.15) is 0 Å². The summed E-state index contributed by atoms with van der Waals surface area (Å²) >= 11 is 15.6. The fraction of sp³-hybridized carbons (Fsp3) is 0.171. The number of hydrogen-bond donors (Lipinski definition) is 2. The maximum atomic E-state index is 13.1. The number of aldehydes is 1. The van der Waals surface area contributed by atoms with Crippen molar-refractivity contribution >= 4 is 175 Å². The lowest BCUT2D eigenvalue weighted by atomic mass is 9.67. The minimum atomic E-state index is -0.833. The summed E-state index contributed by atoms with van der Waals surface area (Å²) < 4.78 is 40.9. The summed E-state index contributed by atoms with van der Waals surface area (Å²) in [6.45, 7) is 24.1. The molecule has 140 heavy (non-hydrogen) atoms. The largest absolute Gasteiger partial charge is 0.481 e. The van der Waals surface area contributed by atoms with Crippen molar-refractivity contribution in [3.8, 4) is 0 Å². The van der Waals surface area contributed by atoms with Gasteiger partial charge < -0.3 is 39.5 Å². The number of nitrogens with zero attached hydrogens (tertiary/aromatic N) is 4. The quantitative estimate of drug-likeness (QED) is 0.0670. The van der Waals surface area contributed by atoms with Crippen molar-refractivity contribution in [3.05, 3.63) is 461 Å². The van der Waals surface area contributed by atoms with Crippen molar-refractivity contribution in [1.29, 1.82) is 0 Å². The Labute approximate surface area is 847 Å². The van der Waals surface area contributed by atoms with Crippen molar-refractivity contribution < 1.29 is 53.7 Å². The van der Waals surface area contributed by atoms with Crippen LogP contribution in [0.3, 0.4) is 0 Å². The van der Waals surface area contributed by atoms with E-state index in [2.05, 4.69) is 346 Å². The van der Waals surface area contributed by atoms with Gasteiger partial charge in [-0.25, -0.2) is 9.59 Å². The zero-order valence-corrected chi connectivity index (χ0v) is 83.4. The number of carboxylic acids is 1. The smallest absolute Gasteiger partial charge is 0.337 e. The second-order valence-electron chi connectivity index (χ2n) is 37.7. The Kier molecular flexibility index (Phi) is 27.1. The number of halogens is 3. The van der Waals surface area contributed by atoms with E-state index in [1.54, 1.807) is 6.08 Å². The maximum absolute atomic E-state index is 13.1. The Balaban J connectivity index is 0.000000153. The van der Waals surface area contributed by atoms with Crippen LogP contribution >= 0.6 is 39.1 Å². The van der Waals surface area contributed by atoms with Crippen LogP contribution in [0.4, 0.5) is 51.2 Å². The average Bonchev–Trinajstić information content (AvgIpc) is 0.993. The molecule has 1 saturated heterocycles. The van der Waals surface area contributed by atoms with E-state index in [0.717, 1.165) is 97.8 Å². The van der Waals surface area contributed by atoms with Gasteiger partial charge in [-0.1, -0.05) is 313 Å². The van der Waals surface area contributed by atoms with E-state index in [1.165, 1.54) is 134 Å². The fourth-order valence-electron chi connectivity index (χ4n) is 20.8. The number of ketones is 2. The number of methoxy groups -OCH3 is 2. The van der Waals surface area contributed by atoms with Gasteiger partial charge in [0.05, 0.1) is 75.1 Å². The predicted octanol–water partition coefficient (Wildman–Crippen LogP) is 31.1. The first-order valence-electron chi connectivity index (χ1n) is 49.8. The van der Waals surface area contributed by atoms with Crippen molar-refractivity contribution in [3.63, 3.8) is 0 Å². The number of nitrogens with one attached hydrogen (secondary N) is 1. The van der Waals surface area contributed by atoms with Gasteiger partial charge >= 0.3 is 11.9 Å². The first-order chi connectivity index (χ1) is 70.4. The first-order valence-corrected chi connectivity index (χ1v) is 48.4. The molecule has 17 heteroatoms. The van der Waals surface area contributed by atoms with Crippen LogP contribution in [0.15, 0.2) is 362 Å². The molecule has 23 rings (SSSR count). The molecule has 0 atom stereocenters. The molecule has 4 aliphatic heterocycles. The fourth-order valence-corrected chi connectivity index (χ4v) is 21.4. The number of ether oxygens (including phenoxy) is 2. The number of aliphatic carboxylic acids is 1. The van der Waals surface area contributed by atoms with Gasteiger partial charge in [0, 0.05) is 103 Å². The predicted molar refractivity (Wildman–Crippen MR) is 585 cm³/mol. The van der Waals surface area contributed by atoms with E-state index in [4.69, 9.17) is 51.5 Å². The molecule has 0 bridgehead atoms. The Morgan fingerprint density at radius 3 is 1.09 bits per heavy atom. The third-order valence-corrected chi connectivity index (χ3v) is 28.6. The molecular formula is C123H116BrCl2N5O9. The van der Waals surface area contributed by atoms with E-state index in [9.17, 15) is 24.0 Å². The number of likely N-dealkylation sites (N-methyl/N-ethyl adjacent to an activating group) is 1. The molecule has 0 saturated carbocycles. The summed E-state index contributed by atoms with van der Waals surface area (Å²) in [7, 11) is 4.98. The summed E-state index contributed by atoms with van der Waals surface area (Å²) in [6, 6.07) is 120. The summed E-state index contributed by atoms with van der Waals surface area (Å²) in [4.78, 5) is 79.7. The third-order valence-electron chi connectivity index (χ3n) is 27.3. The molecule has 0 amide bonds. The molecule has 17 aromatic rings. The number of carboxylic acid groups (broad SMARTS) is 1. The molecular weight excluding hydrogens is 1840 g/mol. The molecule has 0 aromatic heterocycles. The molecule has 0 radical (unpaired) electrons. The number of para-hydroxylation sites is 6. The van der Waals surface area contributed by atoms with Gasteiger partial charge in [0.25, 0.3) is 5.97 Å². The monoisotopic (exact) mass is 1960 g/mol. The molecule has 0 unspecified atom stereocenters. The SMILES string of the molecule is Brc1ccccc1.CC(=O)O.CC1(C)c2ccccc2N(c2ccccc2)c2ccc3cc(C=C4C(=O)c5cc(Cl)c(Cl)cc5C4=O)ccc3c21.CC1(C)c2ccccc2N(c2ccccc2)c2ccc3cc(C=O)ccc3c21.CN1CCNCC1.COC(=O)c1ccc2c3c(ccc2c1)Cc1ccccc1C3(C)C.COC(=O)c1ccc2c3c(ccc2c1)N(c1ccccc1)c1ccccc1C3(C)C.[2HH].[2H][2H].[2H][2H].[2H][2H]. The second-order valence-corrected chi connectivity index (χ2v) is 39.4. The van der Waals surface area contributed by atoms with E-state index >= 15 is 0 Å². The molecule has 1 fully saturated rings. The number of carbonyl (C=O) groups is 6. The van der Waals surface area contributed by atoms with E-state index < -0.39 is 5.97 Å². The second kappa shape index (κ2) is 40.8. The number of esters is 2. The highest BCUT2D eigenvalue weighted by Crippen LogP contribution is 2.58. The lowest BCUT2D eigenvalue weighted by Crippen LogP contribution is -2.40. The van der Waals surface area contributed by atoms with E-state index in [-0.39, 0.29) is 62.2 Å². The lowest BCUT2D eigenvalue weighted by molar-refractivity contribution is -0.134. The number of anilines is 9. The Hall–Kier alpha value is -14.7. The topological polar surface area (TPSA) is 166 Å². The molecule has 4 heterocycles. The molecule has 17 aromatic carbocycles.